The number of hydrogen-bond acceptors (Lipinski definition) is 10. The Bertz CT molecular complexity index is 1890. The van der Waals surface area contributed by atoms with Crippen molar-refractivity contribution in [2.24, 2.45) is 22.9 Å². The fourth-order valence-electron chi connectivity index (χ4n) is 11.0. The molecule has 1 amide bonds. The molecule has 2 heterocycles. The maximum Gasteiger partial charge on any atom is 0.410 e. The van der Waals surface area contributed by atoms with Gasteiger partial charge < -0.3 is 38.7 Å². The molecule has 0 spiro atoms. The monoisotopic (exact) mass is 929 g/mol. The van der Waals surface area contributed by atoms with Crippen LogP contribution in [0.2, 0.25) is 0 Å². The summed E-state index contributed by atoms with van der Waals surface area (Å²) in [5.74, 6) is 0.407. The molecule has 0 bridgehead atoms. The van der Waals surface area contributed by atoms with Gasteiger partial charge in [0.25, 0.3) is 0 Å². The van der Waals surface area contributed by atoms with Gasteiger partial charge in [0.05, 0.1) is 31.5 Å². The van der Waals surface area contributed by atoms with Crippen LogP contribution in [0.25, 0.3) is 0 Å². The normalized spacial score (nSPS) is 24.8. The van der Waals surface area contributed by atoms with Crippen molar-refractivity contribution >= 4 is 11.8 Å². The minimum Gasteiger partial charge on any atom is -0.459 e. The molecule has 11 heteroatoms. The van der Waals surface area contributed by atoms with Gasteiger partial charge in [0.1, 0.15) is 23.3 Å². The molecular formula is C56H84N2O9. The lowest BCUT2D eigenvalue weighted by Crippen LogP contribution is -2.70. The molecule has 2 fully saturated rings. The molecule has 372 valence electrons. The van der Waals surface area contributed by atoms with Crippen LogP contribution >= 0.6 is 0 Å². The summed E-state index contributed by atoms with van der Waals surface area (Å²) in [4.78, 5) is 22.9. The molecular weight excluding hydrogens is 845 g/mol. The second kappa shape index (κ2) is 27.3. The number of carbonyl (C=O) groups is 1. The number of aryl methyl sites for hydroxylation is 2. The van der Waals surface area contributed by atoms with E-state index >= 15 is 0 Å². The molecule has 6 rings (SSSR count). The summed E-state index contributed by atoms with van der Waals surface area (Å²) in [5.41, 5.74) is 5.11. The number of benzene rings is 2. The third kappa shape index (κ3) is 13.9. The van der Waals surface area contributed by atoms with Crippen molar-refractivity contribution in [3.63, 3.8) is 0 Å². The van der Waals surface area contributed by atoms with Gasteiger partial charge in [0.15, 0.2) is 0 Å². The maximum atomic E-state index is 14.7. The predicted molar refractivity (Wildman–Crippen MR) is 266 cm³/mol. The standard InChI is InChI=1S/C56H84N2O9/c1-6-9-10-11-12-13-14-15-16-22-36-63-55(61)58(31-7-2)51-40-49(57-67-52-26-19-23-35-62-52)47-38-43(24-17-20-32-59)46(25-18-21-33-60)53-48-39-45(65-44-28-27-41(4)42(5)37-44)29-30-50(48)66-56(51,54(47)53)64-34-8-3/h8,27-30,37-39,43,46,51-54,59-60H,3,6-7,9-26,31-36,40H2,1-2,4-5H3/t43-,46+,51-,52?,53+,54+,56+/m0/s1. The first-order valence-electron chi connectivity index (χ1n) is 26.3. The largest absolute Gasteiger partial charge is 0.459 e. The Morgan fingerprint density at radius 2 is 1.58 bits per heavy atom. The topological polar surface area (TPSA) is 129 Å². The lowest BCUT2D eigenvalue weighted by molar-refractivity contribution is -0.255. The first kappa shape index (κ1) is 52.5. The SMILES string of the molecule is C=CCO[C@@]12Oc3ccc(Oc4ccc(C)c(C)c4)cc3[C@H]3[C@H](CCCCO)[C@@H](CCCCO)C=C(C(=NOC4CCCCO4)C[C@@H]1N(CCC)C(=O)OCCCCCCCCCCCC)[C@H]32. The van der Waals surface area contributed by atoms with Gasteiger partial charge in [-0.1, -0.05) is 108 Å². The van der Waals surface area contributed by atoms with Gasteiger partial charge in [0.2, 0.25) is 12.1 Å². The fraction of sp³-hybridized carbons (Fsp3) is 0.679. The number of unbranched alkanes of at least 4 members (excludes halogenated alkanes) is 11. The van der Waals surface area contributed by atoms with E-state index < -0.39 is 24.0 Å². The van der Waals surface area contributed by atoms with Crippen LogP contribution in [0.3, 0.4) is 0 Å². The molecule has 4 aliphatic rings. The lowest BCUT2D eigenvalue weighted by atomic mass is 9.55. The Labute approximate surface area is 402 Å². The van der Waals surface area contributed by atoms with E-state index in [1.54, 1.807) is 6.08 Å². The highest BCUT2D eigenvalue weighted by molar-refractivity contribution is 6.03. The molecule has 1 saturated carbocycles. The van der Waals surface area contributed by atoms with Gasteiger partial charge in [0, 0.05) is 44.1 Å². The minimum absolute atomic E-state index is 0.0933. The van der Waals surface area contributed by atoms with Crippen molar-refractivity contribution in [3.8, 4) is 17.2 Å². The van der Waals surface area contributed by atoms with Gasteiger partial charge in [-0.3, -0.25) is 4.90 Å². The van der Waals surface area contributed by atoms with Crippen molar-refractivity contribution in [1.29, 1.82) is 0 Å². The number of aliphatic hydroxyl groups excluding tert-OH is 2. The van der Waals surface area contributed by atoms with Gasteiger partial charge in [-0.15, -0.1) is 6.58 Å². The third-order valence-corrected chi connectivity index (χ3v) is 14.6. The number of ether oxygens (including phenoxy) is 5. The van der Waals surface area contributed by atoms with E-state index in [4.69, 9.17) is 33.7 Å². The summed E-state index contributed by atoms with van der Waals surface area (Å²) < 4.78 is 33.5. The quantitative estimate of drug-likeness (QED) is 0.0465. The van der Waals surface area contributed by atoms with Crippen LogP contribution in [0.1, 0.15) is 171 Å². The minimum atomic E-state index is -1.36. The summed E-state index contributed by atoms with van der Waals surface area (Å²) >= 11 is 0. The first-order valence-corrected chi connectivity index (χ1v) is 26.3. The number of aliphatic hydroxyl groups is 2. The van der Waals surface area contributed by atoms with Crippen LogP contribution in [0, 0.1) is 31.6 Å². The van der Waals surface area contributed by atoms with E-state index in [1.165, 1.54) is 50.5 Å². The van der Waals surface area contributed by atoms with Crippen LogP contribution in [0.5, 0.6) is 17.2 Å². The highest BCUT2D eigenvalue weighted by Crippen LogP contribution is 2.62. The molecule has 7 atom stereocenters. The molecule has 2 aliphatic carbocycles. The number of amides is 1. The van der Waals surface area contributed by atoms with Crippen LogP contribution < -0.4 is 9.47 Å². The molecule has 2 aromatic carbocycles. The number of allylic oxidation sites excluding steroid dienone is 1. The molecule has 1 unspecified atom stereocenters. The van der Waals surface area contributed by atoms with Gasteiger partial charge in [-0.25, -0.2) is 4.79 Å². The average Bonchev–Trinajstić information content (AvgIpc) is 3.33. The van der Waals surface area contributed by atoms with E-state index in [0.29, 0.717) is 56.9 Å². The van der Waals surface area contributed by atoms with Crippen molar-refractivity contribution in [2.75, 3.05) is 39.6 Å². The first-order chi connectivity index (χ1) is 32.8. The van der Waals surface area contributed by atoms with Crippen LogP contribution in [-0.2, 0) is 19.0 Å². The third-order valence-electron chi connectivity index (χ3n) is 14.6. The van der Waals surface area contributed by atoms with E-state index in [9.17, 15) is 15.0 Å². The predicted octanol–water partition coefficient (Wildman–Crippen LogP) is 13.0. The average molecular weight is 929 g/mol. The summed E-state index contributed by atoms with van der Waals surface area (Å²) in [6, 6.07) is 11.6. The highest BCUT2D eigenvalue weighted by Gasteiger charge is 2.65. The second-order valence-electron chi connectivity index (χ2n) is 19.5. The van der Waals surface area contributed by atoms with Gasteiger partial charge in [-0.2, -0.15) is 0 Å². The maximum absolute atomic E-state index is 14.7. The van der Waals surface area contributed by atoms with Crippen molar-refractivity contribution in [1.82, 2.24) is 4.90 Å². The zero-order chi connectivity index (χ0) is 47.4. The Kier molecular flexibility index (Phi) is 21.4. The summed E-state index contributed by atoms with van der Waals surface area (Å²) in [5, 5.41) is 25.0. The zero-order valence-corrected chi connectivity index (χ0v) is 41.5. The Hall–Kier alpha value is -3.90. The van der Waals surface area contributed by atoms with Crippen molar-refractivity contribution < 1.29 is 43.5 Å². The summed E-state index contributed by atoms with van der Waals surface area (Å²) in [7, 11) is 0. The number of rotatable bonds is 29. The van der Waals surface area contributed by atoms with Crippen molar-refractivity contribution in [2.45, 2.75) is 187 Å². The molecule has 0 aromatic heterocycles. The van der Waals surface area contributed by atoms with E-state index in [0.717, 1.165) is 92.4 Å². The lowest BCUT2D eigenvalue weighted by Gasteiger charge is -2.60. The number of nitrogens with zero attached hydrogens (tertiary/aromatic N) is 2. The number of hydrogen-bond donors (Lipinski definition) is 2. The summed E-state index contributed by atoms with van der Waals surface area (Å²) in [6.45, 7) is 14.5. The van der Waals surface area contributed by atoms with Crippen LogP contribution in [-0.4, -0.2) is 84.6 Å². The molecule has 67 heavy (non-hydrogen) atoms. The fourth-order valence-corrected chi connectivity index (χ4v) is 11.0. The summed E-state index contributed by atoms with van der Waals surface area (Å²) in [6.07, 6.45) is 23.8. The number of carbonyl (C=O) groups excluding carboxylic acids is 1. The highest BCUT2D eigenvalue weighted by atomic mass is 16.8. The zero-order valence-electron chi connectivity index (χ0n) is 41.5. The van der Waals surface area contributed by atoms with E-state index in [2.05, 4.69) is 58.5 Å². The number of fused-ring (bicyclic) bond motifs is 2. The molecule has 2 aliphatic heterocycles. The van der Waals surface area contributed by atoms with Gasteiger partial charge in [-0.05, 0) is 124 Å². The molecule has 2 N–H and O–H groups in total. The van der Waals surface area contributed by atoms with Crippen LogP contribution in [0.4, 0.5) is 4.79 Å². The second-order valence-corrected chi connectivity index (χ2v) is 19.5. The number of oxime groups is 1. The smallest absolute Gasteiger partial charge is 0.410 e. The van der Waals surface area contributed by atoms with E-state index in [1.807, 2.05) is 23.1 Å². The molecule has 2 aromatic rings. The van der Waals surface area contributed by atoms with Crippen LogP contribution in [0.15, 0.2) is 65.9 Å². The molecule has 1 saturated heterocycles. The van der Waals surface area contributed by atoms with Gasteiger partial charge >= 0.3 is 6.09 Å². The van der Waals surface area contributed by atoms with Crippen molar-refractivity contribution in [3.05, 3.63) is 77.4 Å². The Morgan fingerprint density at radius 1 is 0.866 bits per heavy atom. The Morgan fingerprint density at radius 3 is 2.27 bits per heavy atom. The molecule has 0 radical (unpaired) electrons. The molecule has 11 nitrogen and oxygen atoms in total. The van der Waals surface area contributed by atoms with E-state index in [-0.39, 0.29) is 43.7 Å². The Balaban J connectivity index is 1.42.